The summed E-state index contributed by atoms with van der Waals surface area (Å²) in [5.41, 5.74) is 0. The van der Waals surface area contributed by atoms with Gasteiger partial charge in [0.05, 0.1) is 0 Å². The molecule has 1 unspecified atom stereocenters. The fraction of sp³-hybridized carbons (Fsp3) is 0.917. The van der Waals surface area contributed by atoms with Crippen LogP contribution >= 0.6 is 0 Å². The van der Waals surface area contributed by atoms with Crippen molar-refractivity contribution in [3.63, 3.8) is 0 Å². The zero-order chi connectivity index (χ0) is 10.7. The maximum absolute atomic E-state index is 11.4. The predicted molar refractivity (Wildman–Crippen MR) is 58.6 cm³/mol. The van der Waals surface area contributed by atoms with Gasteiger partial charge in [-0.2, -0.15) is 0 Å². The highest BCUT2D eigenvalue weighted by atomic mass is 16.3. The molecule has 0 amide bonds. The number of piperidine rings is 1. The van der Waals surface area contributed by atoms with Crippen molar-refractivity contribution in [2.75, 3.05) is 19.7 Å². The number of carbonyl (C=O) groups excluding carboxylic acids is 1. The molecule has 1 saturated heterocycles. The molecule has 1 N–H and O–H groups in total. The number of hydrogen-bond acceptors (Lipinski definition) is 3. The van der Waals surface area contributed by atoms with E-state index in [1.165, 1.54) is 6.42 Å². The van der Waals surface area contributed by atoms with Crippen molar-refractivity contribution in [2.24, 2.45) is 5.92 Å². The van der Waals surface area contributed by atoms with Crippen LogP contribution in [0.2, 0.25) is 0 Å². The van der Waals surface area contributed by atoms with Gasteiger partial charge < -0.3 is 5.11 Å². The molecule has 0 spiro atoms. The zero-order valence-electron chi connectivity index (χ0n) is 9.32. The van der Waals surface area contributed by atoms with Crippen molar-refractivity contribution in [1.82, 2.24) is 4.90 Å². The molecule has 0 aromatic heterocycles. The van der Waals surface area contributed by atoms with Crippen LogP contribution in [0.5, 0.6) is 0 Å². The van der Waals surface area contributed by atoms with Crippen molar-refractivity contribution in [3.05, 3.63) is 0 Å². The first-order chi connectivity index (χ1) is 7.29. The molecule has 3 heteroatoms. The van der Waals surface area contributed by atoms with E-state index in [4.69, 9.17) is 5.11 Å². The van der Waals surface area contributed by atoms with E-state index in [1.54, 1.807) is 0 Å². The minimum Gasteiger partial charge on any atom is -0.396 e. The van der Waals surface area contributed by atoms with E-state index >= 15 is 0 Å². The number of aliphatic hydroxyl groups excluding tert-OH is 1. The monoisotopic (exact) mass is 211 g/mol. The third-order valence-corrected chi connectivity index (χ3v) is 3.88. The van der Waals surface area contributed by atoms with Crippen LogP contribution in [-0.4, -0.2) is 41.5 Å². The maximum Gasteiger partial charge on any atom is 0.134 e. The van der Waals surface area contributed by atoms with Crippen LogP contribution in [-0.2, 0) is 4.79 Å². The van der Waals surface area contributed by atoms with E-state index in [9.17, 15) is 4.79 Å². The summed E-state index contributed by atoms with van der Waals surface area (Å²) in [5, 5.41) is 9.06. The molecule has 1 atom stereocenters. The molecule has 0 aromatic rings. The smallest absolute Gasteiger partial charge is 0.134 e. The molecule has 2 aliphatic rings. The molecular formula is C12H21NO2. The SMILES string of the molecule is O=C1CCCC(N2CCC(CO)CC2)C1. The number of carbonyl (C=O) groups is 1. The quantitative estimate of drug-likeness (QED) is 0.746. The van der Waals surface area contributed by atoms with Gasteiger partial charge in [-0.25, -0.2) is 0 Å². The van der Waals surface area contributed by atoms with Crippen molar-refractivity contribution >= 4 is 5.78 Å². The van der Waals surface area contributed by atoms with Gasteiger partial charge in [-0.05, 0) is 44.7 Å². The molecule has 15 heavy (non-hydrogen) atoms. The van der Waals surface area contributed by atoms with Gasteiger partial charge in [-0.1, -0.05) is 0 Å². The summed E-state index contributed by atoms with van der Waals surface area (Å²) >= 11 is 0. The number of likely N-dealkylation sites (tertiary alicyclic amines) is 1. The molecule has 0 aromatic carbocycles. The van der Waals surface area contributed by atoms with E-state index in [0.717, 1.165) is 45.2 Å². The molecule has 2 fully saturated rings. The van der Waals surface area contributed by atoms with E-state index in [0.29, 0.717) is 24.3 Å². The summed E-state index contributed by atoms with van der Waals surface area (Å²) in [5.74, 6) is 0.941. The van der Waals surface area contributed by atoms with Crippen molar-refractivity contribution in [2.45, 2.75) is 44.6 Å². The summed E-state index contributed by atoms with van der Waals surface area (Å²) in [6, 6.07) is 0.505. The molecule has 0 radical (unpaired) electrons. The summed E-state index contributed by atoms with van der Waals surface area (Å²) in [4.78, 5) is 13.8. The normalized spacial score (nSPS) is 30.7. The van der Waals surface area contributed by atoms with Gasteiger partial charge in [0.1, 0.15) is 5.78 Å². The van der Waals surface area contributed by atoms with Crippen LogP contribution in [0, 0.1) is 5.92 Å². The number of ketones is 1. The topological polar surface area (TPSA) is 40.5 Å². The van der Waals surface area contributed by atoms with Gasteiger partial charge in [-0.15, -0.1) is 0 Å². The average molecular weight is 211 g/mol. The molecular weight excluding hydrogens is 190 g/mol. The van der Waals surface area contributed by atoms with Crippen molar-refractivity contribution in [3.8, 4) is 0 Å². The first-order valence-electron chi connectivity index (χ1n) is 6.16. The Morgan fingerprint density at radius 3 is 2.60 bits per heavy atom. The minimum atomic E-state index is 0.331. The fourth-order valence-corrected chi connectivity index (χ4v) is 2.81. The largest absolute Gasteiger partial charge is 0.396 e. The van der Waals surface area contributed by atoms with Crippen LogP contribution in [0.3, 0.4) is 0 Å². The molecule has 2 rings (SSSR count). The molecule has 1 saturated carbocycles. The predicted octanol–water partition coefficient (Wildman–Crippen LogP) is 1.20. The fourth-order valence-electron chi connectivity index (χ4n) is 2.81. The van der Waals surface area contributed by atoms with Crippen molar-refractivity contribution < 1.29 is 9.90 Å². The number of aliphatic hydroxyl groups is 1. The Bertz CT molecular complexity index is 222. The minimum absolute atomic E-state index is 0.331. The lowest BCUT2D eigenvalue weighted by atomic mass is 9.90. The van der Waals surface area contributed by atoms with Gasteiger partial charge in [0.2, 0.25) is 0 Å². The number of hydrogen-bond donors (Lipinski definition) is 1. The van der Waals surface area contributed by atoms with E-state index in [2.05, 4.69) is 4.90 Å². The first-order valence-corrected chi connectivity index (χ1v) is 6.16. The van der Waals surface area contributed by atoms with E-state index < -0.39 is 0 Å². The van der Waals surface area contributed by atoms with Gasteiger partial charge in [0.15, 0.2) is 0 Å². The van der Waals surface area contributed by atoms with Gasteiger partial charge >= 0.3 is 0 Å². The second-order valence-corrected chi connectivity index (χ2v) is 4.95. The molecule has 1 aliphatic heterocycles. The van der Waals surface area contributed by atoms with Crippen molar-refractivity contribution in [1.29, 1.82) is 0 Å². The van der Waals surface area contributed by atoms with Crippen LogP contribution in [0.15, 0.2) is 0 Å². The second-order valence-electron chi connectivity index (χ2n) is 4.95. The van der Waals surface area contributed by atoms with Crippen LogP contribution in [0.4, 0.5) is 0 Å². The lowest BCUT2D eigenvalue weighted by Crippen LogP contribution is -2.44. The third-order valence-electron chi connectivity index (χ3n) is 3.88. The van der Waals surface area contributed by atoms with Gasteiger partial charge in [-0.3, -0.25) is 9.69 Å². The Hall–Kier alpha value is -0.410. The summed E-state index contributed by atoms with van der Waals surface area (Å²) < 4.78 is 0. The van der Waals surface area contributed by atoms with E-state index in [1.807, 2.05) is 0 Å². The number of Topliss-reactive ketones (excluding diaryl/α,β-unsaturated/α-hetero) is 1. The summed E-state index contributed by atoms with van der Waals surface area (Å²) in [6.45, 7) is 2.48. The molecule has 1 heterocycles. The van der Waals surface area contributed by atoms with E-state index in [-0.39, 0.29) is 0 Å². The zero-order valence-corrected chi connectivity index (χ0v) is 9.32. The Balaban J connectivity index is 1.81. The molecule has 3 nitrogen and oxygen atoms in total. The lowest BCUT2D eigenvalue weighted by molar-refractivity contribution is -0.122. The molecule has 0 bridgehead atoms. The third kappa shape index (κ3) is 2.79. The maximum atomic E-state index is 11.4. The van der Waals surface area contributed by atoms with Crippen LogP contribution < -0.4 is 0 Å². The summed E-state index contributed by atoms with van der Waals surface area (Å²) in [6.07, 6.45) is 6.02. The second kappa shape index (κ2) is 5.08. The Kier molecular flexibility index (Phi) is 3.76. The van der Waals surface area contributed by atoms with Crippen LogP contribution in [0.25, 0.3) is 0 Å². The van der Waals surface area contributed by atoms with Gasteiger partial charge in [0, 0.05) is 25.5 Å². The highest BCUT2D eigenvalue weighted by Gasteiger charge is 2.28. The number of nitrogens with zero attached hydrogens (tertiary/aromatic N) is 1. The standard InChI is InChI=1S/C12H21NO2/c14-9-10-4-6-13(7-5-10)11-2-1-3-12(15)8-11/h10-11,14H,1-9H2. The van der Waals surface area contributed by atoms with Crippen LogP contribution in [0.1, 0.15) is 38.5 Å². The highest BCUT2D eigenvalue weighted by Crippen LogP contribution is 2.25. The Morgan fingerprint density at radius 2 is 2.00 bits per heavy atom. The highest BCUT2D eigenvalue weighted by molar-refractivity contribution is 5.79. The van der Waals surface area contributed by atoms with Gasteiger partial charge in [0.25, 0.3) is 0 Å². The molecule has 1 aliphatic carbocycles. The first kappa shape index (κ1) is 11.1. The molecule has 86 valence electrons. The lowest BCUT2D eigenvalue weighted by Gasteiger charge is -2.38. The Labute approximate surface area is 91.5 Å². The number of rotatable bonds is 2. The average Bonchev–Trinajstić information content (AvgIpc) is 2.29. The Morgan fingerprint density at radius 1 is 1.27 bits per heavy atom. The summed E-state index contributed by atoms with van der Waals surface area (Å²) in [7, 11) is 0.